The molecule has 2 aliphatic rings. The number of phenols is 2. The molecule has 0 atom stereocenters. The topological polar surface area (TPSA) is 106 Å². The quantitative estimate of drug-likeness (QED) is 0.188. The molecule has 4 aromatic rings. The van der Waals surface area contributed by atoms with Gasteiger partial charge in [0.1, 0.15) is 28.5 Å². The smallest absolute Gasteiger partial charge is 0.275 e. The second kappa shape index (κ2) is 9.40. The molecular formula is C31H28N4O4. The van der Waals surface area contributed by atoms with Crippen molar-refractivity contribution in [2.24, 2.45) is 5.10 Å². The maximum absolute atomic E-state index is 14.0. The molecular weight excluding hydrogens is 492 g/mol. The van der Waals surface area contributed by atoms with Gasteiger partial charge in [0.2, 0.25) is 0 Å². The molecule has 0 saturated heterocycles. The van der Waals surface area contributed by atoms with Gasteiger partial charge in [0.15, 0.2) is 0 Å². The van der Waals surface area contributed by atoms with E-state index in [1.807, 2.05) is 68.4 Å². The minimum atomic E-state index is -1.13. The highest BCUT2D eigenvalue weighted by molar-refractivity contribution is 6.03. The van der Waals surface area contributed by atoms with E-state index in [4.69, 9.17) is 4.74 Å². The molecule has 2 heterocycles. The normalized spacial score (nSPS) is 14.6. The Labute approximate surface area is 226 Å². The fourth-order valence-corrected chi connectivity index (χ4v) is 5.49. The van der Waals surface area contributed by atoms with Crippen LogP contribution in [0.15, 0.2) is 84.0 Å². The van der Waals surface area contributed by atoms with Gasteiger partial charge in [-0.05, 0) is 50.2 Å². The molecule has 6 rings (SSSR count). The second-order valence-electron chi connectivity index (χ2n) is 9.45. The Balaban J connectivity index is 1.64. The summed E-state index contributed by atoms with van der Waals surface area (Å²) in [6.45, 7) is 5.55. The number of aromatic hydroxyl groups is 2. The van der Waals surface area contributed by atoms with Crippen LogP contribution in [0.25, 0.3) is 0 Å². The van der Waals surface area contributed by atoms with Gasteiger partial charge in [-0.3, -0.25) is 4.79 Å². The highest BCUT2D eigenvalue weighted by Crippen LogP contribution is 2.58. The third-order valence-electron chi connectivity index (χ3n) is 7.11. The molecule has 4 aromatic carbocycles. The molecule has 0 saturated carbocycles. The van der Waals surface area contributed by atoms with Crippen molar-refractivity contribution in [3.8, 4) is 23.0 Å². The molecule has 1 amide bonds. The lowest BCUT2D eigenvalue weighted by atomic mass is 9.75. The summed E-state index contributed by atoms with van der Waals surface area (Å²) in [5, 5.41) is 33.2. The molecule has 8 nitrogen and oxygen atoms in total. The Morgan fingerprint density at radius 1 is 0.846 bits per heavy atom. The minimum absolute atomic E-state index is 0.0198. The predicted molar refractivity (Wildman–Crippen MR) is 151 cm³/mol. The summed E-state index contributed by atoms with van der Waals surface area (Å²) in [5.41, 5.74) is 3.79. The van der Waals surface area contributed by atoms with Gasteiger partial charge in [-0.25, -0.2) is 5.01 Å². The highest BCUT2D eigenvalue weighted by Gasteiger charge is 2.57. The number of carbonyl (C=O) groups excluding carboxylic acids is 1. The van der Waals surface area contributed by atoms with Crippen molar-refractivity contribution in [3.63, 3.8) is 0 Å². The molecule has 1 spiro atoms. The maximum atomic E-state index is 14.0. The first-order chi connectivity index (χ1) is 19.0. The zero-order valence-electron chi connectivity index (χ0n) is 21.6. The van der Waals surface area contributed by atoms with Gasteiger partial charge in [0.25, 0.3) is 5.91 Å². The SMILES string of the molecule is CCNc1ccc2c(c1)Oc1cc(NCC)ccc1C21c2ccccc2C(=O)N1/N=C/c1cc(O)ccc1O. The summed E-state index contributed by atoms with van der Waals surface area (Å²) in [5.74, 6) is 0.854. The number of nitrogens with zero attached hydrogens (tertiary/aromatic N) is 2. The average molecular weight is 521 g/mol. The lowest BCUT2D eigenvalue weighted by molar-refractivity contribution is 0.0675. The van der Waals surface area contributed by atoms with E-state index >= 15 is 0 Å². The van der Waals surface area contributed by atoms with Crippen molar-refractivity contribution in [1.82, 2.24) is 5.01 Å². The van der Waals surface area contributed by atoms with Crippen molar-refractivity contribution in [3.05, 3.63) is 107 Å². The van der Waals surface area contributed by atoms with Crippen LogP contribution in [-0.2, 0) is 5.54 Å². The zero-order chi connectivity index (χ0) is 27.1. The molecule has 0 aliphatic carbocycles. The van der Waals surface area contributed by atoms with Crippen LogP contribution in [0, 0.1) is 0 Å². The molecule has 0 radical (unpaired) electrons. The number of nitrogens with one attached hydrogen (secondary N) is 2. The van der Waals surface area contributed by atoms with E-state index < -0.39 is 5.54 Å². The van der Waals surface area contributed by atoms with Crippen LogP contribution in [0.2, 0.25) is 0 Å². The van der Waals surface area contributed by atoms with Gasteiger partial charge in [-0.15, -0.1) is 0 Å². The van der Waals surface area contributed by atoms with Crippen LogP contribution in [0.3, 0.4) is 0 Å². The number of phenolic OH excluding ortho intramolecular Hbond substituents is 2. The van der Waals surface area contributed by atoms with E-state index in [9.17, 15) is 15.0 Å². The molecule has 4 N–H and O–H groups in total. The maximum Gasteiger partial charge on any atom is 0.275 e. The summed E-state index contributed by atoms with van der Waals surface area (Å²) in [4.78, 5) is 14.0. The number of rotatable bonds is 6. The Bertz CT molecular complexity index is 1580. The van der Waals surface area contributed by atoms with E-state index in [0.29, 0.717) is 17.1 Å². The van der Waals surface area contributed by atoms with Crippen molar-refractivity contribution in [1.29, 1.82) is 0 Å². The summed E-state index contributed by atoms with van der Waals surface area (Å²) in [7, 11) is 0. The first kappa shape index (κ1) is 24.4. The second-order valence-corrected chi connectivity index (χ2v) is 9.45. The molecule has 0 fully saturated rings. The molecule has 8 heteroatoms. The number of benzene rings is 4. The predicted octanol–water partition coefficient (Wildman–Crippen LogP) is 5.85. The monoisotopic (exact) mass is 520 g/mol. The van der Waals surface area contributed by atoms with Gasteiger partial charge in [0, 0.05) is 64.4 Å². The molecule has 0 aromatic heterocycles. The number of amides is 1. The van der Waals surface area contributed by atoms with E-state index in [-0.39, 0.29) is 23.0 Å². The van der Waals surface area contributed by atoms with Gasteiger partial charge in [-0.2, -0.15) is 5.10 Å². The molecule has 2 aliphatic heterocycles. The third kappa shape index (κ3) is 3.75. The van der Waals surface area contributed by atoms with Crippen LogP contribution >= 0.6 is 0 Å². The number of hydrogen-bond acceptors (Lipinski definition) is 7. The van der Waals surface area contributed by atoms with Crippen LogP contribution in [0.1, 0.15) is 46.5 Å². The Morgan fingerprint density at radius 3 is 2.13 bits per heavy atom. The number of ether oxygens (including phenoxy) is 1. The number of carbonyl (C=O) groups is 1. The highest BCUT2D eigenvalue weighted by atomic mass is 16.5. The Hall–Kier alpha value is -4.98. The summed E-state index contributed by atoms with van der Waals surface area (Å²) in [6.07, 6.45) is 1.40. The fourth-order valence-electron chi connectivity index (χ4n) is 5.49. The number of fused-ring (bicyclic) bond motifs is 6. The Kier molecular flexibility index (Phi) is 5.87. The van der Waals surface area contributed by atoms with Gasteiger partial charge < -0.3 is 25.6 Å². The summed E-state index contributed by atoms with van der Waals surface area (Å²) in [6, 6.07) is 23.4. The van der Waals surface area contributed by atoms with Crippen molar-refractivity contribution in [2.45, 2.75) is 19.4 Å². The van der Waals surface area contributed by atoms with Gasteiger partial charge >= 0.3 is 0 Å². The van der Waals surface area contributed by atoms with E-state index in [1.165, 1.54) is 29.4 Å². The molecule has 39 heavy (non-hydrogen) atoms. The first-order valence-corrected chi connectivity index (χ1v) is 12.9. The van der Waals surface area contributed by atoms with Crippen molar-refractivity contribution in [2.75, 3.05) is 23.7 Å². The first-order valence-electron chi connectivity index (χ1n) is 12.9. The summed E-state index contributed by atoms with van der Waals surface area (Å²) >= 11 is 0. The van der Waals surface area contributed by atoms with Crippen LogP contribution in [-0.4, -0.2) is 40.4 Å². The minimum Gasteiger partial charge on any atom is -0.508 e. The number of hydrogen-bond donors (Lipinski definition) is 4. The molecule has 196 valence electrons. The average Bonchev–Trinajstić information content (AvgIpc) is 3.18. The van der Waals surface area contributed by atoms with Crippen molar-refractivity contribution < 1.29 is 19.7 Å². The van der Waals surface area contributed by atoms with Crippen LogP contribution in [0.4, 0.5) is 11.4 Å². The fraction of sp³-hybridized carbons (Fsp3) is 0.161. The molecule has 0 bridgehead atoms. The van der Waals surface area contributed by atoms with Crippen molar-refractivity contribution >= 4 is 23.5 Å². The van der Waals surface area contributed by atoms with Crippen LogP contribution in [0.5, 0.6) is 23.0 Å². The zero-order valence-corrected chi connectivity index (χ0v) is 21.6. The third-order valence-corrected chi connectivity index (χ3v) is 7.11. The largest absolute Gasteiger partial charge is 0.508 e. The van der Waals surface area contributed by atoms with E-state index in [1.54, 1.807) is 6.07 Å². The summed E-state index contributed by atoms with van der Waals surface area (Å²) < 4.78 is 6.49. The van der Waals surface area contributed by atoms with Gasteiger partial charge in [-0.1, -0.05) is 30.3 Å². The van der Waals surface area contributed by atoms with Crippen LogP contribution < -0.4 is 15.4 Å². The van der Waals surface area contributed by atoms with E-state index in [2.05, 4.69) is 15.7 Å². The van der Waals surface area contributed by atoms with Gasteiger partial charge in [0.05, 0.1) is 6.21 Å². The number of hydrazone groups is 1. The lowest BCUT2D eigenvalue weighted by Crippen LogP contribution is -2.44. The standard InChI is InChI=1S/C31H28N4O4/c1-3-32-20-9-12-25-28(16-20)39-29-17-21(33-4-2)10-13-26(29)31(25)24-8-6-5-7-23(24)30(38)35(31)34-18-19-15-22(36)11-14-27(19)37/h5-18,32-33,36-37H,3-4H2,1-2H3/b34-18+. The lowest BCUT2D eigenvalue weighted by Gasteiger charge is -2.42. The Morgan fingerprint density at radius 2 is 1.49 bits per heavy atom. The van der Waals surface area contributed by atoms with E-state index in [0.717, 1.165) is 41.2 Å². The molecule has 0 unspecified atom stereocenters. The number of anilines is 2.